The first-order valence-corrected chi connectivity index (χ1v) is 7.48. The zero-order valence-electron chi connectivity index (χ0n) is 12.5. The van der Waals surface area contributed by atoms with Crippen molar-refractivity contribution in [1.82, 2.24) is 10.6 Å². The van der Waals surface area contributed by atoms with Crippen molar-refractivity contribution in [2.75, 3.05) is 26.8 Å². The van der Waals surface area contributed by atoms with Crippen molar-refractivity contribution in [3.8, 4) is 0 Å². The molecule has 0 saturated carbocycles. The highest BCUT2D eigenvalue weighted by Crippen LogP contribution is 2.22. The molecule has 1 rings (SSSR count). The molecule has 0 fully saturated rings. The van der Waals surface area contributed by atoms with Crippen LogP contribution in [0.2, 0.25) is 10.0 Å². The smallest absolute Gasteiger partial charge is 0.251 e. The number of ether oxygens (including phenoxy) is 1. The maximum atomic E-state index is 11.9. The van der Waals surface area contributed by atoms with Crippen LogP contribution >= 0.6 is 23.2 Å². The number of methoxy groups -OCH3 is 1. The van der Waals surface area contributed by atoms with E-state index in [1.54, 1.807) is 19.2 Å². The van der Waals surface area contributed by atoms with E-state index in [-0.39, 0.29) is 11.9 Å². The van der Waals surface area contributed by atoms with Crippen molar-refractivity contribution >= 4 is 35.1 Å². The van der Waals surface area contributed by atoms with Crippen LogP contribution in [0.15, 0.2) is 23.2 Å². The minimum atomic E-state index is -0.243. The lowest BCUT2D eigenvalue weighted by Crippen LogP contribution is -2.41. The van der Waals surface area contributed by atoms with Crippen LogP contribution in [0.3, 0.4) is 0 Å². The van der Waals surface area contributed by atoms with Gasteiger partial charge in [0.25, 0.3) is 5.91 Å². The summed E-state index contributed by atoms with van der Waals surface area (Å²) in [6.45, 7) is 3.19. The second-order valence-corrected chi connectivity index (χ2v) is 5.47. The van der Waals surface area contributed by atoms with Crippen molar-refractivity contribution < 1.29 is 9.53 Å². The Hall–Kier alpha value is -1.50. The third kappa shape index (κ3) is 6.51. The van der Waals surface area contributed by atoms with Crippen molar-refractivity contribution in [3.05, 3.63) is 33.8 Å². The average Bonchev–Trinajstić information content (AvgIpc) is 2.46. The summed E-state index contributed by atoms with van der Waals surface area (Å²) in [6.07, 6.45) is 0. The summed E-state index contributed by atoms with van der Waals surface area (Å²) in [5.74, 6) is 0.0707. The molecule has 0 heterocycles. The summed E-state index contributed by atoms with van der Waals surface area (Å²) < 4.78 is 4.98. The van der Waals surface area contributed by atoms with Crippen LogP contribution in [-0.2, 0) is 4.74 Å². The molecule has 122 valence electrons. The SMILES string of the molecule is COCC(C)NC(N)=NCCNC(=O)c1ccc(Cl)c(Cl)c1. The molecule has 1 atom stereocenters. The highest BCUT2D eigenvalue weighted by molar-refractivity contribution is 6.42. The number of hydrogen-bond donors (Lipinski definition) is 3. The zero-order valence-corrected chi connectivity index (χ0v) is 14.0. The lowest BCUT2D eigenvalue weighted by atomic mass is 10.2. The first kappa shape index (κ1) is 18.5. The topological polar surface area (TPSA) is 88.7 Å². The van der Waals surface area contributed by atoms with Gasteiger partial charge in [-0.2, -0.15) is 0 Å². The largest absolute Gasteiger partial charge is 0.383 e. The van der Waals surface area contributed by atoms with E-state index in [4.69, 9.17) is 33.7 Å². The maximum Gasteiger partial charge on any atom is 0.251 e. The molecule has 0 saturated heterocycles. The number of benzene rings is 1. The second-order valence-electron chi connectivity index (χ2n) is 4.65. The molecule has 6 nitrogen and oxygen atoms in total. The molecular formula is C14H20Cl2N4O2. The van der Waals surface area contributed by atoms with E-state index < -0.39 is 0 Å². The number of nitrogens with zero attached hydrogens (tertiary/aromatic N) is 1. The normalized spacial score (nSPS) is 12.8. The number of guanidine groups is 1. The van der Waals surface area contributed by atoms with Gasteiger partial charge >= 0.3 is 0 Å². The Balaban J connectivity index is 2.37. The number of amides is 1. The summed E-state index contributed by atoms with van der Waals surface area (Å²) in [5, 5.41) is 6.45. The monoisotopic (exact) mass is 346 g/mol. The number of rotatable bonds is 7. The van der Waals surface area contributed by atoms with E-state index in [0.29, 0.717) is 41.3 Å². The van der Waals surface area contributed by atoms with Gasteiger partial charge in [-0.05, 0) is 25.1 Å². The maximum absolute atomic E-state index is 11.9. The molecule has 0 aliphatic carbocycles. The molecule has 0 aromatic heterocycles. The summed E-state index contributed by atoms with van der Waals surface area (Å²) in [4.78, 5) is 16.0. The number of hydrogen-bond acceptors (Lipinski definition) is 3. The van der Waals surface area contributed by atoms with Crippen LogP contribution in [0, 0.1) is 0 Å². The van der Waals surface area contributed by atoms with Gasteiger partial charge in [0.05, 0.1) is 23.2 Å². The lowest BCUT2D eigenvalue weighted by molar-refractivity contribution is 0.0955. The molecular weight excluding hydrogens is 327 g/mol. The average molecular weight is 347 g/mol. The van der Waals surface area contributed by atoms with Crippen LogP contribution in [0.1, 0.15) is 17.3 Å². The molecule has 1 amide bonds. The lowest BCUT2D eigenvalue weighted by Gasteiger charge is -2.13. The quantitative estimate of drug-likeness (QED) is 0.398. The van der Waals surface area contributed by atoms with E-state index in [0.717, 1.165) is 0 Å². The minimum Gasteiger partial charge on any atom is -0.383 e. The van der Waals surface area contributed by atoms with Gasteiger partial charge in [0, 0.05) is 25.3 Å². The van der Waals surface area contributed by atoms with E-state index in [9.17, 15) is 4.79 Å². The zero-order chi connectivity index (χ0) is 16.5. The van der Waals surface area contributed by atoms with Crippen molar-refractivity contribution in [2.24, 2.45) is 10.7 Å². The summed E-state index contributed by atoms with van der Waals surface area (Å²) in [5.41, 5.74) is 6.15. The van der Waals surface area contributed by atoms with Crippen LogP contribution < -0.4 is 16.4 Å². The Morgan fingerprint density at radius 3 is 2.77 bits per heavy atom. The molecule has 4 N–H and O–H groups in total. The van der Waals surface area contributed by atoms with Gasteiger partial charge in [-0.3, -0.25) is 9.79 Å². The first-order chi connectivity index (χ1) is 10.4. The van der Waals surface area contributed by atoms with Gasteiger partial charge in [0.1, 0.15) is 0 Å². The molecule has 0 aliphatic heterocycles. The van der Waals surface area contributed by atoms with Crippen molar-refractivity contribution in [3.63, 3.8) is 0 Å². The third-order valence-electron chi connectivity index (χ3n) is 2.67. The Morgan fingerprint density at radius 1 is 1.41 bits per heavy atom. The molecule has 0 radical (unpaired) electrons. The molecule has 0 spiro atoms. The Labute approximate surface area is 140 Å². The molecule has 1 aromatic rings. The fourth-order valence-electron chi connectivity index (χ4n) is 1.67. The van der Waals surface area contributed by atoms with Crippen LogP contribution in [0.4, 0.5) is 0 Å². The number of nitrogens with two attached hydrogens (primary N) is 1. The van der Waals surface area contributed by atoms with Gasteiger partial charge in [-0.1, -0.05) is 23.2 Å². The van der Waals surface area contributed by atoms with Gasteiger partial charge < -0.3 is 21.1 Å². The number of aliphatic imine (C=N–C) groups is 1. The predicted octanol–water partition coefficient (Wildman–Crippen LogP) is 1.66. The number of carbonyl (C=O) groups is 1. The molecule has 22 heavy (non-hydrogen) atoms. The summed E-state index contributed by atoms with van der Waals surface area (Å²) >= 11 is 11.7. The summed E-state index contributed by atoms with van der Waals surface area (Å²) in [6, 6.07) is 4.77. The second kappa shape index (κ2) is 9.50. The fourth-order valence-corrected chi connectivity index (χ4v) is 1.97. The van der Waals surface area contributed by atoms with E-state index in [1.807, 2.05) is 6.92 Å². The fraction of sp³-hybridized carbons (Fsp3) is 0.429. The Bertz CT molecular complexity index is 538. The third-order valence-corrected chi connectivity index (χ3v) is 3.41. The van der Waals surface area contributed by atoms with Crippen molar-refractivity contribution in [2.45, 2.75) is 13.0 Å². The molecule has 8 heteroatoms. The highest BCUT2D eigenvalue weighted by atomic mass is 35.5. The van der Waals surface area contributed by atoms with E-state index in [2.05, 4.69) is 15.6 Å². The predicted molar refractivity (Wildman–Crippen MR) is 89.8 cm³/mol. The van der Waals surface area contributed by atoms with Gasteiger partial charge in [-0.15, -0.1) is 0 Å². The molecule has 1 aromatic carbocycles. The number of nitrogens with one attached hydrogen (secondary N) is 2. The van der Waals surface area contributed by atoms with Crippen LogP contribution in [0.25, 0.3) is 0 Å². The Morgan fingerprint density at radius 2 is 2.14 bits per heavy atom. The van der Waals surface area contributed by atoms with Gasteiger partial charge in [-0.25, -0.2) is 0 Å². The summed E-state index contributed by atoms with van der Waals surface area (Å²) in [7, 11) is 1.62. The molecule has 0 bridgehead atoms. The first-order valence-electron chi connectivity index (χ1n) is 6.72. The molecule has 1 unspecified atom stereocenters. The standard InChI is InChI=1S/C14H20Cl2N4O2/c1-9(8-22-2)20-14(17)19-6-5-18-13(21)10-3-4-11(15)12(16)7-10/h3-4,7,9H,5-6,8H2,1-2H3,(H,18,21)(H3,17,19,20). The molecule has 0 aliphatic rings. The highest BCUT2D eigenvalue weighted by Gasteiger charge is 2.07. The van der Waals surface area contributed by atoms with Crippen LogP contribution in [-0.4, -0.2) is 44.7 Å². The minimum absolute atomic E-state index is 0.0690. The number of carbonyl (C=O) groups excluding carboxylic acids is 1. The van der Waals surface area contributed by atoms with Crippen molar-refractivity contribution in [1.29, 1.82) is 0 Å². The van der Waals surface area contributed by atoms with Gasteiger partial charge in [0.15, 0.2) is 5.96 Å². The van der Waals surface area contributed by atoms with Crippen LogP contribution in [0.5, 0.6) is 0 Å². The van der Waals surface area contributed by atoms with Gasteiger partial charge in [0.2, 0.25) is 0 Å². The Kier molecular flexibility index (Phi) is 8.01. The van der Waals surface area contributed by atoms with E-state index in [1.165, 1.54) is 6.07 Å². The van der Waals surface area contributed by atoms with E-state index >= 15 is 0 Å². The number of halogens is 2.